The van der Waals surface area contributed by atoms with E-state index in [9.17, 15) is 18.5 Å². The van der Waals surface area contributed by atoms with Crippen molar-refractivity contribution in [1.29, 1.82) is 0 Å². The Bertz CT molecular complexity index is 947. The third-order valence-electron chi connectivity index (χ3n) is 5.46. The Labute approximate surface area is 165 Å². The summed E-state index contributed by atoms with van der Waals surface area (Å²) in [6, 6.07) is 14.5. The van der Waals surface area contributed by atoms with Crippen molar-refractivity contribution in [3.63, 3.8) is 0 Å². The highest BCUT2D eigenvalue weighted by atomic mass is 32.2. The molecule has 0 radical (unpaired) electrons. The van der Waals surface area contributed by atoms with Gasteiger partial charge in [0.05, 0.1) is 9.82 Å². The zero-order chi connectivity index (χ0) is 20.3. The first kappa shape index (κ1) is 20.3. The topological polar surface area (TPSA) is 92.6 Å². The first-order valence-corrected chi connectivity index (χ1v) is 10.9. The summed E-state index contributed by atoms with van der Waals surface area (Å²) in [6.45, 7) is 2.85. The first-order valence-electron chi connectivity index (χ1n) is 9.42. The van der Waals surface area contributed by atoms with Gasteiger partial charge in [0.25, 0.3) is 5.69 Å². The predicted octanol–water partition coefficient (Wildman–Crippen LogP) is 3.67. The van der Waals surface area contributed by atoms with Gasteiger partial charge >= 0.3 is 0 Å². The lowest BCUT2D eigenvalue weighted by Gasteiger charge is -2.33. The van der Waals surface area contributed by atoms with Gasteiger partial charge in [0, 0.05) is 24.6 Å². The monoisotopic (exact) mass is 403 g/mol. The first-order chi connectivity index (χ1) is 13.4. The summed E-state index contributed by atoms with van der Waals surface area (Å²) in [7, 11) is -2.46. The summed E-state index contributed by atoms with van der Waals surface area (Å²) >= 11 is 0. The fraction of sp³-hybridized carbons (Fsp3) is 0.400. The van der Waals surface area contributed by atoms with Crippen LogP contribution >= 0.6 is 0 Å². The number of nitro benzene ring substituents is 1. The number of hydrogen-bond donors (Lipinski definition) is 1. The molecule has 2 aromatic rings. The van der Waals surface area contributed by atoms with Crippen LogP contribution in [0.25, 0.3) is 0 Å². The minimum absolute atomic E-state index is 0.101. The van der Waals surface area contributed by atoms with Crippen LogP contribution in [0.15, 0.2) is 53.4 Å². The van der Waals surface area contributed by atoms with Gasteiger partial charge in [0.1, 0.15) is 5.69 Å². The number of nitro groups is 1. The van der Waals surface area contributed by atoms with Crippen LogP contribution in [0.5, 0.6) is 0 Å². The lowest BCUT2D eigenvalue weighted by Crippen LogP contribution is -2.35. The van der Waals surface area contributed by atoms with E-state index in [-0.39, 0.29) is 22.5 Å². The van der Waals surface area contributed by atoms with Gasteiger partial charge in [0.15, 0.2) is 0 Å². The molecule has 0 aromatic heterocycles. The molecule has 150 valence electrons. The van der Waals surface area contributed by atoms with E-state index in [2.05, 4.69) is 28.7 Å². The zero-order valence-corrected chi connectivity index (χ0v) is 16.9. The van der Waals surface area contributed by atoms with E-state index in [0.29, 0.717) is 12.2 Å². The highest BCUT2D eigenvalue weighted by Crippen LogP contribution is 2.40. The predicted molar refractivity (Wildman–Crippen MR) is 109 cm³/mol. The van der Waals surface area contributed by atoms with Crippen LogP contribution in [0.3, 0.4) is 0 Å². The quantitative estimate of drug-likeness (QED) is 0.562. The Morgan fingerprint density at radius 2 is 1.96 bits per heavy atom. The van der Waals surface area contributed by atoms with Gasteiger partial charge in [-0.05, 0) is 44.0 Å². The van der Waals surface area contributed by atoms with E-state index in [1.54, 1.807) is 6.07 Å². The number of anilines is 1. The lowest BCUT2D eigenvalue weighted by molar-refractivity contribution is -0.384. The average Bonchev–Trinajstić information content (AvgIpc) is 3.18. The van der Waals surface area contributed by atoms with Crippen LogP contribution in [-0.4, -0.2) is 33.0 Å². The maximum absolute atomic E-state index is 12.1. The maximum atomic E-state index is 12.1. The Kier molecular flexibility index (Phi) is 6.00. The lowest BCUT2D eigenvalue weighted by atomic mass is 9.87. The molecule has 0 aliphatic carbocycles. The Morgan fingerprint density at radius 3 is 2.57 bits per heavy atom. The fourth-order valence-electron chi connectivity index (χ4n) is 4.12. The number of nitrogens with one attached hydrogen (secondary N) is 1. The van der Waals surface area contributed by atoms with Crippen molar-refractivity contribution in [3.8, 4) is 0 Å². The molecule has 28 heavy (non-hydrogen) atoms. The number of nitrogens with zero attached hydrogens (tertiary/aromatic N) is 2. The third kappa shape index (κ3) is 3.88. The maximum Gasteiger partial charge on any atom is 0.293 e. The van der Waals surface area contributed by atoms with Gasteiger partial charge in [-0.3, -0.25) is 10.1 Å². The van der Waals surface area contributed by atoms with Crippen LogP contribution in [0, 0.1) is 10.1 Å². The Morgan fingerprint density at radius 1 is 1.25 bits per heavy atom. The number of sulfonamides is 1. The smallest absolute Gasteiger partial charge is 0.293 e. The number of hydrogen-bond acceptors (Lipinski definition) is 5. The average molecular weight is 404 g/mol. The molecule has 0 saturated carbocycles. The van der Waals surface area contributed by atoms with E-state index in [1.165, 1.54) is 18.7 Å². The second-order valence-electron chi connectivity index (χ2n) is 6.94. The van der Waals surface area contributed by atoms with E-state index in [0.717, 1.165) is 25.3 Å². The molecule has 0 amide bonds. The van der Waals surface area contributed by atoms with Crippen molar-refractivity contribution in [3.05, 3.63) is 64.2 Å². The summed E-state index contributed by atoms with van der Waals surface area (Å²) in [5.41, 5.74) is 1.53. The SMILES string of the molecule is CC[C@H](c1ccccc1)[C@@H]1CCCN1c1ccc(S(=O)(=O)NC)cc1[N+](=O)[O-]. The molecule has 7 nitrogen and oxygen atoms in total. The van der Waals surface area contributed by atoms with Gasteiger partial charge < -0.3 is 4.90 Å². The van der Waals surface area contributed by atoms with E-state index in [1.807, 2.05) is 18.2 Å². The molecule has 1 heterocycles. The summed E-state index contributed by atoms with van der Waals surface area (Å²) < 4.78 is 26.3. The van der Waals surface area contributed by atoms with E-state index >= 15 is 0 Å². The summed E-state index contributed by atoms with van der Waals surface area (Å²) in [6.07, 6.45) is 2.81. The van der Waals surface area contributed by atoms with Crippen LogP contribution in [0.1, 0.15) is 37.7 Å². The summed E-state index contributed by atoms with van der Waals surface area (Å²) in [5, 5.41) is 11.7. The van der Waals surface area contributed by atoms with Crippen molar-refractivity contribution < 1.29 is 13.3 Å². The minimum Gasteiger partial charge on any atom is -0.362 e. The summed E-state index contributed by atoms with van der Waals surface area (Å²) in [5.74, 6) is 0.254. The van der Waals surface area contributed by atoms with E-state index in [4.69, 9.17) is 0 Å². The van der Waals surface area contributed by atoms with Crippen molar-refractivity contribution in [2.45, 2.75) is 43.0 Å². The zero-order valence-electron chi connectivity index (χ0n) is 16.0. The Balaban J connectivity index is 2.03. The highest BCUT2D eigenvalue weighted by Gasteiger charge is 2.35. The van der Waals surface area contributed by atoms with Gasteiger partial charge in [-0.25, -0.2) is 13.1 Å². The largest absolute Gasteiger partial charge is 0.362 e. The van der Waals surface area contributed by atoms with Crippen LogP contribution in [-0.2, 0) is 10.0 Å². The standard InChI is InChI=1S/C20H25N3O4S/c1-3-17(15-8-5-4-6-9-15)18-10-7-13-22(18)19-12-11-16(28(26,27)21-2)14-20(19)23(24)25/h4-6,8-9,11-12,14,17-18,21H,3,7,10,13H2,1-2H3/t17-,18+/m1/s1. The fourth-order valence-corrected chi connectivity index (χ4v) is 4.87. The van der Waals surface area contributed by atoms with E-state index < -0.39 is 14.9 Å². The molecule has 0 spiro atoms. The molecule has 2 aromatic carbocycles. The molecular weight excluding hydrogens is 378 g/mol. The molecule has 8 heteroatoms. The van der Waals surface area contributed by atoms with Crippen LogP contribution in [0.4, 0.5) is 11.4 Å². The second kappa shape index (κ2) is 8.28. The van der Waals surface area contributed by atoms with Gasteiger partial charge in [0.2, 0.25) is 10.0 Å². The molecular formula is C20H25N3O4S. The number of benzene rings is 2. The molecule has 1 saturated heterocycles. The molecule has 0 unspecified atom stereocenters. The molecule has 1 aliphatic rings. The Hall–Kier alpha value is -2.45. The molecule has 1 fully saturated rings. The van der Waals surface area contributed by atoms with Crippen LogP contribution < -0.4 is 9.62 Å². The molecule has 1 N–H and O–H groups in total. The van der Waals surface area contributed by atoms with Gasteiger partial charge in [-0.15, -0.1) is 0 Å². The molecule has 0 bridgehead atoms. The molecule has 1 aliphatic heterocycles. The molecule has 3 rings (SSSR count). The second-order valence-corrected chi connectivity index (χ2v) is 8.83. The third-order valence-corrected chi connectivity index (χ3v) is 6.88. The van der Waals surface area contributed by atoms with Crippen molar-refractivity contribution in [1.82, 2.24) is 4.72 Å². The van der Waals surface area contributed by atoms with Gasteiger partial charge in [-0.2, -0.15) is 0 Å². The van der Waals surface area contributed by atoms with Crippen molar-refractivity contribution in [2.24, 2.45) is 0 Å². The highest BCUT2D eigenvalue weighted by molar-refractivity contribution is 7.89. The van der Waals surface area contributed by atoms with Crippen molar-refractivity contribution >= 4 is 21.4 Å². The molecule has 2 atom stereocenters. The van der Waals surface area contributed by atoms with Crippen LogP contribution in [0.2, 0.25) is 0 Å². The normalized spacial score (nSPS) is 18.2. The summed E-state index contributed by atoms with van der Waals surface area (Å²) in [4.78, 5) is 13.2. The number of rotatable bonds is 7. The minimum atomic E-state index is -3.74. The van der Waals surface area contributed by atoms with Gasteiger partial charge in [-0.1, -0.05) is 37.3 Å². The van der Waals surface area contributed by atoms with Crippen molar-refractivity contribution in [2.75, 3.05) is 18.5 Å².